The average molecular weight is 460 g/mol. The van der Waals surface area contributed by atoms with E-state index in [9.17, 15) is 9.59 Å². The number of nitrogens with zero attached hydrogens (tertiary/aromatic N) is 4. The molecule has 1 saturated heterocycles. The Morgan fingerprint density at radius 3 is 2.38 bits per heavy atom. The Hall–Kier alpha value is -3.98. The van der Waals surface area contributed by atoms with Crippen LogP contribution in [0.15, 0.2) is 54.6 Å². The summed E-state index contributed by atoms with van der Waals surface area (Å²) in [7, 11) is 0. The van der Waals surface area contributed by atoms with Crippen molar-refractivity contribution < 1.29 is 19.4 Å². The van der Waals surface area contributed by atoms with Crippen LogP contribution < -0.4 is 10.2 Å². The highest BCUT2D eigenvalue weighted by Crippen LogP contribution is 2.31. The van der Waals surface area contributed by atoms with Crippen molar-refractivity contribution in [3.63, 3.8) is 0 Å². The van der Waals surface area contributed by atoms with E-state index in [4.69, 9.17) is 19.8 Å². The Kier molecular flexibility index (Phi) is 6.09. The van der Waals surface area contributed by atoms with Gasteiger partial charge in [0.15, 0.2) is 5.82 Å². The normalized spacial score (nSPS) is 15.5. The van der Waals surface area contributed by atoms with Crippen molar-refractivity contribution in [1.82, 2.24) is 14.9 Å². The van der Waals surface area contributed by atoms with Gasteiger partial charge in [-0.15, -0.1) is 0 Å². The van der Waals surface area contributed by atoms with Crippen molar-refractivity contribution in [2.24, 2.45) is 0 Å². The Labute approximate surface area is 197 Å². The fraction of sp³-hybridized carbons (Fsp3) is 0.280. The second-order valence-electron chi connectivity index (χ2n) is 8.25. The quantitative estimate of drug-likeness (QED) is 0.617. The molecule has 0 aliphatic carbocycles. The van der Waals surface area contributed by atoms with Gasteiger partial charge in [-0.25, -0.2) is 14.8 Å². The third kappa shape index (κ3) is 4.55. The lowest BCUT2D eigenvalue weighted by Crippen LogP contribution is -2.40. The van der Waals surface area contributed by atoms with Crippen LogP contribution >= 0.6 is 0 Å². The van der Waals surface area contributed by atoms with Crippen molar-refractivity contribution in [2.75, 3.05) is 43.1 Å². The molecule has 2 aliphatic rings. The van der Waals surface area contributed by atoms with Crippen molar-refractivity contribution in [2.45, 2.75) is 13.0 Å². The van der Waals surface area contributed by atoms with Gasteiger partial charge in [-0.3, -0.25) is 10.1 Å². The minimum Gasteiger partial charge on any atom is -0.465 e. The first-order valence-electron chi connectivity index (χ1n) is 11.3. The number of carbonyl (C=O) groups excluding carboxylic acids is 1. The lowest BCUT2D eigenvalue weighted by Gasteiger charge is -2.34. The van der Waals surface area contributed by atoms with Crippen LogP contribution in [0.25, 0.3) is 11.4 Å². The molecule has 34 heavy (non-hydrogen) atoms. The van der Waals surface area contributed by atoms with Crippen LogP contribution in [0.4, 0.5) is 16.3 Å². The predicted molar refractivity (Wildman–Crippen MR) is 127 cm³/mol. The number of benzene rings is 2. The van der Waals surface area contributed by atoms with Gasteiger partial charge >= 0.3 is 6.09 Å². The highest BCUT2D eigenvalue weighted by molar-refractivity contribution is 5.94. The molecule has 0 saturated carbocycles. The molecule has 2 amide bonds. The number of hydrogen-bond acceptors (Lipinski definition) is 6. The van der Waals surface area contributed by atoms with Crippen molar-refractivity contribution >= 4 is 23.5 Å². The summed E-state index contributed by atoms with van der Waals surface area (Å²) in [4.78, 5) is 37.8. The number of hydrogen-bond donors (Lipinski definition) is 2. The molecule has 9 heteroatoms. The zero-order chi connectivity index (χ0) is 23.5. The van der Waals surface area contributed by atoms with E-state index in [1.54, 1.807) is 24.3 Å². The lowest BCUT2D eigenvalue weighted by molar-refractivity contribution is 0.0731. The zero-order valence-electron chi connectivity index (χ0n) is 18.6. The number of carboxylic acid groups (broad SMARTS) is 1. The molecular weight excluding hydrogens is 434 g/mol. The Bertz CT molecular complexity index is 1190. The number of aromatic nitrogens is 2. The van der Waals surface area contributed by atoms with Gasteiger partial charge in [0, 0.05) is 42.0 Å². The summed E-state index contributed by atoms with van der Waals surface area (Å²) in [5, 5.41) is 11.3. The van der Waals surface area contributed by atoms with E-state index in [0.717, 1.165) is 35.7 Å². The summed E-state index contributed by atoms with van der Waals surface area (Å²) >= 11 is 0. The molecule has 1 aromatic heterocycles. The summed E-state index contributed by atoms with van der Waals surface area (Å²) in [5.74, 6) is 1.43. The molecule has 2 N–H and O–H groups in total. The van der Waals surface area contributed by atoms with Crippen LogP contribution in [0, 0.1) is 0 Å². The molecule has 0 radical (unpaired) electrons. The Morgan fingerprint density at radius 2 is 1.68 bits per heavy atom. The van der Waals surface area contributed by atoms with Gasteiger partial charge in [0.25, 0.3) is 5.91 Å². The second-order valence-corrected chi connectivity index (χ2v) is 8.25. The van der Waals surface area contributed by atoms with Gasteiger partial charge in [0.1, 0.15) is 5.82 Å². The first kappa shape index (κ1) is 21.8. The van der Waals surface area contributed by atoms with Gasteiger partial charge in [-0.2, -0.15) is 0 Å². The fourth-order valence-corrected chi connectivity index (χ4v) is 4.34. The smallest absolute Gasteiger partial charge is 0.409 e. The van der Waals surface area contributed by atoms with Gasteiger partial charge in [-0.05, 0) is 42.8 Å². The van der Waals surface area contributed by atoms with Crippen molar-refractivity contribution in [1.29, 1.82) is 0 Å². The summed E-state index contributed by atoms with van der Waals surface area (Å²) in [6.07, 6.45) is -0.432. The number of rotatable bonds is 4. The molecular formula is C25H25N5O4. The molecule has 174 valence electrons. The standard InChI is InChI=1S/C25H25N5O4/c31-24(18-4-2-1-3-5-18)30-11-10-20-21(16-30)27-22(28-23(20)29-12-14-34-15-13-29)17-6-8-19(9-7-17)26-25(32)33/h1-9,26H,10-16H2,(H,32,33). The summed E-state index contributed by atoms with van der Waals surface area (Å²) in [6.45, 7) is 3.80. The lowest BCUT2D eigenvalue weighted by atomic mass is 10.0. The number of nitrogens with one attached hydrogen (secondary N) is 1. The maximum absolute atomic E-state index is 13.1. The average Bonchev–Trinajstić information content (AvgIpc) is 2.88. The number of fused-ring (bicyclic) bond motifs is 1. The molecule has 3 aromatic rings. The van der Waals surface area contributed by atoms with E-state index >= 15 is 0 Å². The molecule has 0 bridgehead atoms. The van der Waals surface area contributed by atoms with E-state index in [1.165, 1.54) is 0 Å². The summed E-state index contributed by atoms with van der Waals surface area (Å²) < 4.78 is 5.53. The SMILES string of the molecule is O=C(O)Nc1ccc(-c2nc3c(c(N4CCOCC4)n2)CCN(C(=O)c2ccccc2)C3)cc1. The fourth-order valence-electron chi connectivity index (χ4n) is 4.34. The largest absolute Gasteiger partial charge is 0.465 e. The van der Waals surface area contributed by atoms with Gasteiger partial charge in [0.05, 0.1) is 25.5 Å². The molecule has 9 nitrogen and oxygen atoms in total. The number of anilines is 2. The van der Waals surface area contributed by atoms with Crippen LogP contribution in [0.1, 0.15) is 21.6 Å². The number of ether oxygens (including phenoxy) is 1. The van der Waals surface area contributed by atoms with E-state index in [-0.39, 0.29) is 5.91 Å². The minimum atomic E-state index is -1.12. The topological polar surface area (TPSA) is 108 Å². The van der Waals surface area contributed by atoms with Gasteiger partial charge in [-0.1, -0.05) is 18.2 Å². The molecule has 2 aliphatic heterocycles. The third-order valence-electron chi connectivity index (χ3n) is 6.06. The highest BCUT2D eigenvalue weighted by Gasteiger charge is 2.28. The van der Waals surface area contributed by atoms with Crippen LogP contribution in [0.2, 0.25) is 0 Å². The van der Waals surface area contributed by atoms with Crippen molar-refractivity contribution in [3.8, 4) is 11.4 Å². The van der Waals surface area contributed by atoms with Crippen LogP contribution in [-0.4, -0.2) is 64.8 Å². The molecule has 1 fully saturated rings. The molecule has 2 aromatic carbocycles. The van der Waals surface area contributed by atoms with Gasteiger partial charge < -0.3 is 19.6 Å². The van der Waals surface area contributed by atoms with E-state index < -0.39 is 6.09 Å². The van der Waals surface area contributed by atoms with Crippen LogP contribution in [0.3, 0.4) is 0 Å². The number of carbonyl (C=O) groups is 2. The third-order valence-corrected chi connectivity index (χ3v) is 6.06. The Morgan fingerprint density at radius 1 is 0.941 bits per heavy atom. The minimum absolute atomic E-state index is 0.0107. The molecule has 0 spiro atoms. The predicted octanol–water partition coefficient (Wildman–Crippen LogP) is 3.27. The second kappa shape index (κ2) is 9.48. The van der Waals surface area contributed by atoms with E-state index in [1.807, 2.05) is 35.2 Å². The van der Waals surface area contributed by atoms with Crippen LogP contribution in [0.5, 0.6) is 0 Å². The monoisotopic (exact) mass is 459 g/mol. The van der Waals surface area contributed by atoms with E-state index in [2.05, 4.69) is 10.2 Å². The zero-order valence-corrected chi connectivity index (χ0v) is 18.6. The first-order valence-corrected chi connectivity index (χ1v) is 11.3. The van der Waals surface area contributed by atoms with Gasteiger partial charge in [0.2, 0.25) is 0 Å². The maximum atomic E-state index is 13.1. The maximum Gasteiger partial charge on any atom is 0.409 e. The summed E-state index contributed by atoms with van der Waals surface area (Å²) in [6, 6.07) is 16.3. The number of amides is 2. The summed E-state index contributed by atoms with van der Waals surface area (Å²) in [5.41, 5.74) is 3.83. The highest BCUT2D eigenvalue weighted by atomic mass is 16.5. The van der Waals surface area contributed by atoms with E-state index in [0.29, 0.717) is 49.8 Å². The van der Waals surface area contributed by atoms with Crippen LogP contribution in [-0.2, 0) is 17.7 Å². The Balaban J connectivity index is 1.50. The first-order chi connectivity index (χ1) is 16.6. The molecule has 0 atom stereocenters. The molecule has 5 rings (SSSR count). The van der Waals surface area contributed by atoms with Crippen molar-refractivity contribution in [3.05, 3.63) is 71.4 Å². The molecule has 0 unspecified atom stereocenters. The number of morpholine rings is 1. The molecule has 3 heterocycles.